The van der Waals surface area contributed by atoms with E-state index in [1.165, 1.54) is 0 Å². The second kappa shape index (κ2) is 4.08. The van der Waals surface area contributed by atoms with Crippen molar-refractivity contribution >= 4 is 5.95 Å². The van der Waals surface area contributed by atoms with Crippen LogP contribution in [0.2, 0.25) is 0 Å². The summed E-state index contributed by atoms with van der Waals surface area (Å²) >= 11 is 0. The lowest BCUT2D eigenvalue weighted by Crippen LogP contribution is -2.05. The molecule has 0 fully saturated rings. The van der Waals surface area contributed by atoms with E-state index in [9.17, 15) is 0 Å². The first kappa shape index (κ1) is 9.64. The van der Waals surface area contributed by atoms with Crippen LogP contribution in [0.4, 0.5) is 5.95 Å². The zero-order chi connectivity index (χ0) is 10.7. The summed E-state index contributed by atoms with van der Waals surface area (Å²) in [6.07, 6.45) is 5.45. The smallest absolute Gasteiger partial charge is 0.224 e. The van der Waals surface area contributed by atoms with Crippen molar-refractivity contribution in [2.45, 2.75) is 13.8 Å². The van der Waals surface area contributed by atoms with E-state index in [1.807, 2.05) is 26.1 Å². The minimum absolute atomic E-state index is 0.628. The van der Waals surface area contributed by atoms with Crippen LogP contribution in [0.1, 0.15) is 12.5 Å². The minimum atomic E-state index is 0.628. The molecule has 2 aromatic heterocycles. The second-order valence-electron chi connectivity index (χ2n) is 3.23. The Morgan fingerprint density at radius 1 is 1.47 bits per heavy atom. The van der Waals surface area contributed by atoms with Crippen LogP contribution < -0.4 is 5.32 Å². The molecule has 15 heavy (non-hydrogen) atoms. The molecule has 2 heterocycles. The molecule has 0 bridgehead atoms. The van der Waals surface area contributed by atoms with Crippen LogP contribution in [0.3, 0.4) is 0 Å². The fourth-order valence-corrected chi connectivity index (χ4v) is 1.26. The molecule has 0 aromatic carbocycles. The van der Waals surface area contributed by atoms with E-state index in [0.29, 0.717) is 5.95 Å². The van der Waals surface area contributed by atoms with Crippen LogP contribution >= 0.6 is 0 Å². The molecule has 5 nitrogen and oxygen atoms in total. The quantitative estimate of drug-likeness (QED) is 0.819. The molecule has 5 heteroatoms. The Hall–Kier alpha value is -1.91. The van der Waals surface area contributed by atoms with E-state index < -0.39 is 0 Å². The molecular weight excluding hydrogens is 190 g/mol. The number of anilines is 1. The number of aromatic nitrogens is 4. The summed E-state index contributed by atoms with van der Waals surface area (Å²) in [6.45, 7) is 4.81. The molecule has 0 radical (unpaired) electrons. The van der Waals surface area contributed by atoms with Crippen LogP contribution in [-0.2, 0) is 0 Å². The van der Waals surface area contributed by atoms with Crippen LogP contribution in [0.5, 0.6) is 0 Å². The zero-order valence-electron chi connectivity index (χ0n) is 8.81. The lowest BCUT2D eigenvalue weighted by atomic mass is 10.4. The highest BCUT2D eigenvalue weighted by atomic mass is 15.3. The van der Waals surface area contributed by atoms with E-state index in [0.717, 1.165) is 17.9 Å². The normalized spacial score (nSPS) is 10.3. The molecule has 0 aliphatic carbocycles. The number of nitrogens with zero attached hydrogens (tertiary/aromatic N) is 4. The standard InChI is InChI=1S/C10H13N5/c1-3-11-10-12-5-4-9(14-10)15-7-8(2)6-13-15/h4-7H,3H2,1-2H3,(H,11,12,14). The molecule has 2 aromatic rings. The van der Waals surface area contributed by atoms with Gasteiger partial charge in [-0.1, -0.05) is 0 Å². The van der Waals surface area contributed by atoms with Crippen molar-refractivity contribution in [2.75, 3.05) is 11.9 Å². The summed E-state index contributed by atoms with van der Waals surface area (Å²) in [5.74, 6) is 1.40. The third-order valence-corrected chi connectivity index (χ3v) is 1.92. The molecule has 0 atom stereocenters. The van der Waals surface area contributed by atoms with Gasteiger partial charge in [-0.15, -0.1) is 0 Å². The van der Waals surface area contributed by atoms with Gasteiger partial charge in [0.1, 0.15) is 0 Å². The Kier molecular flexibility index (Phi) is 2.62. The highest BCUT2D eigenvalue weighted by Gasteiger charge is 2.01. The Labute approximate surface area is 88.2 Å². The Balaban J connectivity index is 2.32. The zero-order valence-corrected chi connectivity index (χ0v) is 8.81. The van der Waals surface area contributed by atoms with Crippen molar-refractivity contribution in [3.8, 4) is 5.82 Å². The van der Waals surface area contributed by atoms with Crippen LogP contribution in [0, 0.1) is 6.92 Å². The fourth-order valence-electron chi connectivity index (χ4n) is 1.26. The molecule has 0 unspecified atom stereocenters. The van der Waals surface area contributed by atoms with Gasteiger partial charge in [0.2, 0.25) is 5.95 Å². The topological polar surface area (TPSA) is 55.6 Å². The molecule has 0 aliphatic rings. The maximum Gasteiger partial charge on any atom is 0.224 e. The van der Waals surface area contributed by atoms with Crippen molar-refractivity contribution in [1.82, 2.24) is 19.7 Å². The first-order valence-electron chi connectivity index (χ1n) is 4.88. The lowest BCUT2D eigenvalue weighted by molar-refractivity contribution is 0.839. The van der Waals surface area contributed by atoms with Crippen molar-refractivity contribution in [3.63, 3.8) is 0 Å². The number of rotatable bonds is 3. The molecule has 0 amide bonds. The van der Waals surface area contributed by atoms with Gasteiger partial charge in [0.15, 0.2) is 5.82 Å². The van der Waals surface area contributed by atoms with Gasteiger partial charge in [0.25, 0.3) is 0 Å². The number of aryl methyl sites for hydroxylation is 1. The van der Waals surface area contributed by atoms with Gasteiger partial charge in [-0.05, 0) is 19.4 Å². The summed E-state index contributed by atoms with van der Waals surface area (Å²) in [5, 5.41) is 7.25. The van der Waals surface area contributed by atoms with Crippen LogP contribution in [0.15, 0.2) is 24.7 Å². The molecular formula is C10H13N5. The number of nitrogens with one attached hydrogen (secondary N) is 1. The summed E-state index contributed by atoms with van der Waals surface area (Å²) < 4.78 is 1.73. The first-order chi connectivity index (χ1) is 7.29. The van der Waals surface area contributed by atoms with Crippen LogP contribution in [0.25, 0.3) is 5.82 Å². The highest BCUT2D eigenvalue weighted by molar-refractivity contribution is 5.31. The van der Waals surface area contributed by atoms with E-state index in [1.54, 1.807) is 17.1 Å². The molecule has 1 N–H and O–H groups in total. The van der Waals surface area contributed by atoms with E-state index in [2.05, 4.69) is 20.4 Å². The summed E-state index contributed by atoms with van der Waals surface area (Å²) in [7, 11) is 0. The van der Waals surface area contributed by atoms with E-state index in [4.69, 9.17) is 0 Å². The van der Waals surface area contributed by atoms with E-state index in [-0.39, 0.29) is 0 Å². The number of hydrogen-bond donors (Lipinski definition) is 1. The van der Waals surface area contributed by atoms with Crippen molar-refractivity contribution < 1.29 is 0 Å². The van der Waals surface area contributed by atoms with Crippen LogP contribution in [-0.4, -0.2) is 26.3 Å². The summed E-state index contributed by atoms with van der Waals surface area (Å²) in [5.41, 5.74) is 1.11. The number of hydrogen-bond acceptors (Lipinski definition) is 4. The van der Waals surface area contributed by atoms with Crippen molar-refractivity contribution in [2.24, 2.45) is 0 Å². The first-order valence-corrected chi connectivity index (χ1v) is 4.88. The monoisotopic (exact) mass is 203 g/mol. The van der Waals surface area contributed by atoms with Crippen molar-refractivity contribution in [3.05, 3.63) is 30.2 Å². The molecule has 2 rings (SSSR count). The van der Waals surface area contributed by atoms with Crippen molar-refractivity contribution in [1.29, 1.82) is 0 Å². The largest absolute Gasteiger partial charge is 0.354 e. The molecule has 0 saturated heterocycles. The Morgan fingerprint density at radius 3 is 3.00 bits per heavy atom. The molecule has 78 valence electrons. The summed E-state index contributed by atoms with van der Waals surface area (Å²) in [4.78, 5) is 8.42. The predicted octanol–water partition coefficient (Wildman–Crippen LogP) is 1.40. The highest BCUT2D eigenvalue weighted by Crippen LogP contribution is 2.06. The maximum absolute atomic E-state index is 4.32. The Bertz CT molecular complexity index is 449. The third kappa shape index (κ3) is 2.12. The van der Waals surface area contributed by atoms with Gasteiger partial charge in [0.05, 0.1) is 6.20 Å². The Morgan fingerprint density at radius 2 is 2.33 bits per heavy atom. The van der Waals surface area contributed by atoms with Gasteiger partial charge >= 0.3 is 0 Å². The molecule has 0 aliphatic heterocycles. The molecule has 0 spiro atoms. The van der Waals surface area contributed by atoms with Gasteiger partial charge < -0.3 is 5.32 Å². The maximum atomic E-state index is 4.32. The second-order valence-corrected chi connectivity index (χ2v) is 3.23. The average molecular weight is 203 g/mol. The molecule has 0 saturated carbocycles. The fraction of sp³-hybridized carbons (Fsp3) is 0.300. The van der Waals surface area contributed by atoms with E-state index >= 15 is 0 Å². The minimum Gasteiger partial charge on any atom is -0.354 e. The van der Waals surface area contributed by atoms with Gasteiger partial charge in [-0.25, -0.2) is 9.67 Å². The van der Waals surface area contributed by atoms with Gasteiger partial charge in [0, 0.05) is 25.0 Å². The SMILES string of the molecule is CCNc1nccc(-n2cc(C)cn2)n1. The lowest BCUT2D eigenvalue weighted by Gasteiger charge is -2.03. The predicted molar refractivity (Wildman–Crippen MR) is 58.1 cm³/mol. The average Bonchev–Trinajstić information content (AvgIpc) is 2.66. The third-order valence-electron chi connectivity index (χ3n) is 1.92. The summed E-state index contributed by atoms with van der Waals surface area (Å²) in [6, 6.07) is 1.83. The van der Waals surface area contributed by atoms with Gasteiger partial charge in [-0.3, -0.25) is 0 Å². The van der Waals surface area contributed by atoms with Gasteiger partial charge in [-0.2, -0.15) is 10.1 Å².